The van der Waals surface area contributed by atoms with E-state index in [0.29, 0.717) is 6.04 Å². The van der Waals surface area contributed by atoms with Crippen molar-refractivity contribution in [3.8, 4) is 0 Å². The smallest absolute Gasteiger partial charge is 0.225 e. The van der Waals surface area contributed by atoms with Crippen molar-refractivity contribution in [2.75, 3.05) is 25.0 Å². The predicted octanol–water partition coefficient (Wildman–Crippen LogP) is 1.23. The quantitative estimate of drug-likeness (QED) is 0.828. The fourth-order valence-corrected chi connectivity index (χ4v) is 2.27. The average molecular weight is 220 g/mol. The summed E-state index contributed by atoms with van der Waals surface area (Å²) >= 11 is 0. The molecule has 1 aromatic rings. The van der Waals surface area contributed by atoms with Crippen LogP contribution in [0.4, 0.5) is 5.95 Å². The molecule has 16 heavy (non-hydrogen) atoms. The molecule has 0 bridgehead atoms. The summed E-state index contributed by atoms with van der Waals surface area (Å²) < 4.78 is 0. The van der Waals surface area contributed by atoms with Gasteiger partial charge in [-0.3, -0.25) is 0 Å². The molecule has 1 aliphatic rings. The minimum absolute atomic E-state index is 0.553. The van der Waals surface area contributed by atoms with Gasteiger partial charge in [0.25, 0.3) is 0 Å². The van der Waals surface area contributed by atoms with Gasteiger partial charge in [-0.25, -0.2) is 9.97 Å². The summed E-state index contributed by atoms with van der Waals surface area (Å²) in [6.45, 7) is 4.22. The first kappa shape index (κ1) is 11.3. The van der Waals surface area contributed by atoms with Crippen molar-refractivity contribution in [1.82, 2.24) is 15.3 Å². The van der Waals surface area contributed by atoms with Crippen molar-refractivity contribution < 1.29 is 0 Å². The zero-order chi connectivity index (χ0) is 11.4. The van der Waals surface area contributed by atoms with Crippen LogP contribution in [0, 0.1) is 0 Å². The van der Waals surface area contributed by atoms with Crippen LogP contribution in [0.25, 0.3) is 0 Å². The van der Waals surface area contributed by atoms with E-state index in [0.717, 1.165) is 31.2 Å². The normalized spacial score (nSPS) is 20.4. The number of hydrogen-bond donors (Lipinski definition) is 1. The van der Waals surface area contributed by atoms with E-state index in [1.54, 1.807) is 0 Å². The number of likely N-dealkylation sites (N-methyl/N-ethyl adjacent to an activating group) is 1. The van der Waals surface area contributed by atoms with Crippen LogP contribution in [0.15, 0.2) is 12.3 Å². The lowest BCUT2D eigenvalue weighted by atomic mass is 10.2. The highest BCUT2D eigenvalue weighted by Crippen LogP contribution is 2.21. The lowest BCUT2D eigenvalue weighted by molar-refractivity contribution is 0.606. The molecular formula is C12H20N4. The summed E-state index contributed by atoms with van der Waals surface area (Å²) in [6.07, 6.45) is 5.32. The van der Waals surface area contributed by atoms with Gasteiger partial charge in [0.15, 0.2) is 0 Å². The molecule has 1 aromatic heterocycles. The Morgan fingerprint density at radius 1 is 1.56 bits per heavy atom. The summed E-state index contributed by atoms with van der Waals surface area (Å²) in [5.41, 5.74) is 1.13. The maximum atomic E-state index is 4.59. The molecule has 1 fully saturated rings. The molecule has 2 heterocycles. The van der Waals surface area contributed by atoms with Crippen LogP contribution in [0.1, 0.15) is 25.5 Å². The number of nitrogens with zero attached hydrogens (tertiary/aromatic N) is 3. The third-order valence-electron chi connectivity index (χ3n) is 3.14. The van der Waals surface area contributed by atoms with Crippen molar-refractivity contribution in [3.63, 3.8) is 0 Å². The van der Waals surface area contributed by atoms with E-state index in [9.17, 15) is 0 Å². The summed E-state index contributed by atoms with van der Waals surface area (Å²) in [5.74, 6) is 0.900. The fourth-order valence-electron chi connectivity index (χ4n) is 2.27. The first-order valence-electron chi connectivity index (χ1n) is 6.08. The second-order valence-corrected chi connectivity index (χ2v) is 4.25. The topological polar surface area (TPSA) is 41.1 Å². The van der Waals surface area contributed by atoms with Gasteiger partial charge in [0.2, 0.25) is 5.95 Å². The van der Waals surface area contributed by atoms with E-state index >= 15 is 0 Å². The minimum Gasteiger partial charge on any atom is -0.337 e. The maximum Gasteiger partial charge on any atom is 0.225 e. The van der Waals surface area contributed by atoms with E-state index in [4.69, 9.17) is 0 Å². The highest BCUT2D eigenvalue weighted by Gasteiger charge is 2.25. The second-order valence-electron chi connectivity index (χ2n) is 4.25. The molecule has 0 radical (unpaired) electrons. The Morgan fingerprint density at radius 2 is 2.44 bits per heavy atom. The van der Waals surface area contributed by atoms with Crippen LogP contribution in [0.2, 0.25) is 0 Å². The van der Waals surface area contributed by atoms with Gasteiger partial charge in [-0.15, -0.1) is 0 Å². The van der Waals surface area contributed by atoms with Crippen LogP contribution in [-0.2, 0) is 6.42 Å². The van der Waals surface area contributed by atoms with Crippen molar-refractivity contribution in [3.05, 3.63) is 18.0 Å². The van der Waals surface area contributed by atoms with Crippen LogP contribution < -0.4 is 10.2 Å². The van der Waals surface area contributed by atoms with E-state index in [-0.39, 0.29) is 0 Å². The SMILES string of the molecule is CCc1ccnc(N2CCC[C@@H]2CNC)n1. The molecule has 1 aliphatic heterocycles. The highest BCUT2D eigenvalue weighted by atomic mass is 15.3. The molecule has 0 aromatic carbocycles. The zero-order valence-corrected chi connectivity index (χ0v) is 10.1. The van der Waals surface area contributed by atoms with Gasteiger partial charge in [0, 0.05) is 31.0 Å². The van der Waals surface area contributed by atoms with Gasteiger partial charge < -0.3 is 10.2 Å². The molecule has 1 atom stereocenters. The Morgan fingerprint density at radius 3 is 3.19 bits per heavy atom. The number of aromatic nitrogens is 2. The number of aryl methyl sites for hydroxylation is 1. The predicted molar refractivity (Wildman–Crippen MR) is 65.7 cm³/mol. The summed E-state index contributed by atoms with van der Waals surface area (Å²) in [6, 6.07) is 2.55. The first-order valence-corrected chi connectivity index (χ1v) is 6.08. The van der Waals surface area contributed by atoms with Gasteiger partial charge >= 0.3 is 0 Å². The second kappa shape index (κ2) is 5.25. The van der Waals surface area contributed by atoms with Crippen molar-refractivity contribution in [1.29, 1.82) is 0 Å². The number of anilines is 1. The Hall–Kier alpha value is -1.16. The van der Waals surface area contributed by atoms with Crippen LogP contribution in [0.3, 0.4) is 0 Å². The van der Waals surface area contributed by atoms with E-state index in [1.165, 1.54) is 12.8 Å². The lowest BCUT2D eigenvalue weighted by Crippen LogP contribution is -2.37. The van der Waals surface area contributed by atoms with Crippen molar-refractivity contribution >= 4 is 5.95 Å². The molecule has 0 unspecified atom stereocenters. The molecule has 0 aliphatic carbocycles. The maximum absolute atomic E-state index is 4.59. The number of nitrogens with one attached hydrogen (secondary N) is 1. The number of rotatable bonds is 4. The van der Waals surface area contributed by atoms with Gasteiger partial charge in [-0.1, -0.05) is 6.92 Å². The Balaban J connectivity index is 2.15. The molecule has 0 spiro atoms. The molecule has 0 amide bonds. The summed E-state index contributed by atoms with van der Waals surface area (Å²) in [7, 11) is 2.00. The number of hydrogen-bond acceptors (Lipinski definition) is 4. The zero-order valence-electron chi connectivity index (χ0n) is 10.1. The molecular weight excluding hydrogens is 200 g/mol. The Bertz CT molecular complexity index is 340. The van der Waals surface area contributed by atoms with Gasteiger partial charge in [0.1, 0.15) is 0 Å². The van der Waals surface area contributed by atoms with E-state index in [1.807, 2.05) is 19.3 Å². The molecule has 0 saturated carbocycles. The first-order chi connectivity index (χ1) is 7.85. The molecule has 1 saturated heterocycles. The molecule has 4 heteroatoms. The lowest BCUT2D eigenvalue weighted by Gasteiger charge is -2.24. The van der Waals surface area contributed by atoms with E-state index < -0.39 is 0 Å². The summed E-state index contributed by atoms with van der Waals surface area (Å²) in [4.78, 5) is 11.3. The molecule has 88 valence electrons. The average Bonchev–Trinajstić information content (AvgIpc) is 2.78. The van der Waals surface area contributed by atoms with Crippen LogP contribution in [-0.4, -0.2) is 36.1 Å². The molecule has 1 N–H and O–H groups in total. The van der Waals surface area contributed by atoms with Crippen molar-refractivity contribution in [2.24, 2.45) is 0 Å². The highest BCUT2D eigenvalue weighted by molar-refractivity contribution is 5.34. The Kier molecular flexibility index (Phi) is 3.72. The van der Waals surface area contributed by atoms with Crippen LogP contribution >= 0.6 is 0 Å². The largest absolute Gasteiger partial charge is 0.337 e. The van der Waals surface area contributed by atoms with Gasteiger partial charge in [0.05, 0.1) is 0 Å². The summed E-state index contributed by atoms with van der Waals surface area (Å²) in [5, 5.41) is 3.24. The fraction of sp³-hybridized carbons (Fsp3) is 0.667. The van der Waals surface area contributed by atoms with Crippen molar-refractivity contribution in [2.45, 2.75) is 32.2 Å². The van der Waals surface area contributed by atoms with Gasteiger partial charge in [-0.2, -0.15) is 0 Å². The third-order valence-corrected chi connectivity index (χ3v) is 3.14. The van der Waals surface area contributed by atoms with Crippen LogP contribution in [0.5, 0.6) is 0 Å². The molecule has 4 nitrogen and oxygen atoms in total. The van der Waals surface area contributed by atoms with E-state index in [2.05, 4.69) is 27.1 Å². The monoisotopic (exact) mass is 220 g/mol. The van der Waals surface area contributed by atoms with Gasteiger partial charge in [-0.05, 0) is 32.4 Å². The standard InChI is InChI=1S/C12H20N4/c1-3-10-6-7-14-12(15-10)16-8-4-5-11(16)9-13-2/h6-7,11,13H,3-5,8-9H2,1-2H3/t11-/m1/s1. The molecule has 2 rings (SSSR count). The Labute approximate surface area is 97.1 Å². The minimum atomic E-state index is 0.553. The third kappa shape index (κ3) is 2.32.